The number of sulfonamides is 1. The number of esters is 1. The first-order chi connectivity index (χ1) is 10.5. The van der Waals surface area contributed by atoms with Crippen LogP contribution in [0.3, 0.4) is 0 Å². The van der Waals surface area contributed by atoms with E-state index in [2.05, 4.69) is 4.72 Å². The highest BCUT2D eigenvalue weighted by Crippen LogP contribution is 2.02. The fraction of sp³-hybridized carbons (Fsp3) is 0.533. The summed E-state index contributed by atoms with van der Waals surface area (Å²) < 4.78 is 35.9. The summed E-state index contributed by atoms with van der Waals surface area (Å²) in [5.74, 6) is -0.793. The van der Waals surface area contributed by atoms with E-state index in [-0.39, 0.29) is 18.8 Å². The Hall–Kier alpha value is -1.44. The molecule has 6 nitrogen and oxygen atoms in total. The Labute approximate surface area is 131 Å². The molecule has 124 valence electrons. The molecule has 0 aromatic heterocycles. The highest BCUT2D eigenvalue weighted by molar-refractivity contribution is 7.89. The van der Waals surface area contributed by atoms with Crippen molar-refractivity contribution in [2.75, 3.05) is 25.5 Å². The first kappa shape index (κ1) is 18.6. The Balaban J connectivity index is 2.19. The molecule has 0 radical (unpaired) electrons. The van der Waals surface area contributed by atoms with E-state index >= 15 is 0 Å². The second kappa shape index (κ2) is 10.3. The van der Waals surface area contributed by atoms with E-state index in [1.165, 1.54) is 0 Å². The first-order valence-electron chi connectivity index (χ1n) is 7.28. The number of benzene rings is 1. The van der Waals surface area contributed by atoms with Crippen LogP contribution < -0.4 is 4.72 Å². The lowest BCUT2D eigenvalue weighted by molar-refractivity contribution is -0.144. The van der Waals surface area contributed by atoms with Crippen LogP contribution in [0, 0.1) is 0 Å². The minimum absolute atomic E-state index is 0.154. The van der Waals surface area contributed by atoms with Crippen molar-refractivity contribution in [1.82, 2.24) is 4.72 Å². The van der Waals surface area contributed by atoms with Crippen molar-refractivity contribution in [1.29, 1.82) is 0 Å². The van der Waals surface area contributed by atoms with Crippen LogP contribution in [0.15, 0.2) is 30.3 Å². The Kier molecular flexibility index (Phi) is 8.72. The van der Waals surface area contributed by atoms with Gasteiger partial charge in [0.2, 0.25) is 10.0 Å². The lowest BCUT2D eigenvalue weighted by atomic mass is 10.2. The number of rotatable bonds is 11. The molecule has 0 spiro atoms. The van der Waals surface area contributed by atoms with Crippen molar-refractivity contribution < 1.29 is 22.7 Å². The largest absolute Gasteiger partial charge is 0.461 e. The van der Waals surface area contributed by atoms with Gasteiger partial charge in [0.1, 0.15) is 6.61 Å². The quantitative estimate of drug-likeness (QED) is 0.491. The summed E-state index contributed by atoms with van der Waals surface area (Å²) in [7, 11) is -3.45. The number of ether oxygens (including phenoxy) is 2. The lowest BCUT2D eigenvalue weighted by Gasteiger charge is -2.07. The second-order valence-electron chi connectivity index (χ2n) is 4.66. The zero-order chi connectivity index (χ0) is 16.3. The highest BCUT2D eigenvalue weighted by atomic mass is 32.2. The van der Waals surface area contributed by atoms with E-state index in [9.17, 15) is 13.2 Å². The molecule has 1 aromatic carbocycles. The smallest absolute Gasteiger partial charge is 0.307 e. The van der Waals surface area contributed by atoms with Crippen LogP contribution in [0.2, 0.25) is 0 Å². The van der Waals surface area contributed by atoms with E-state index in [0.29, 0.717) is 26.2 Å². The molecular weight excluding hydrogens is 306 g/mol. The van der Waals surface area contributed by atoms with Gasteiger partial charge in [0.15, 0.2) is 0 Å². The maximum Gasteiger partial charge on any atom is 0.307 e. The standard InChI is InChI=1S/C15H23NO5S/c1-2-20-11-6-10-16-22(18,19)12-9-15(17)21-13-14-7-4-3-5-8-14/h3-5,7-8,16H,2,6,9-13H2,1H3. The molecule has 7 heteroatoms. The number of carbonyl (C=O) groups excluding carboxylic acids is 1. The van der Waals surface area contributed by atoms with Crippen molar-refractivity contribution in [3.63, 3.8) is 0 Å². The van der Waals surface area contributed by atoms with E-state index in [1.54, 1.807) is 0 Å². The Morgan fingerprint density at radius 3 is 2.64 bits per heavy atom. The molecule has 0 aliphatic rings. The number of nitrogens with one attached hydrogen (secondary N) is 1. The van der Waals surface area contributed by atoms with Crippen LogP contribution in [-0.4, -0.2) is 39.9 Å². The fourth-order valence-corrected chi connectivity index (χ4v) is 2.68. The monoisotopic (exact) mass is 329 g/mol. The molecule has 0 bridgehead atoms. The molecular formula is C15H23NO5S. The molecule has 0 amide bonds. The predicted octanol–water partition coefficient (Wildman–Crippen LogP) is 1.47. The van der Waals surface area contributed by atoms with Crippen LogP contribution in [0.4, 0.5) is 0 Å². The summed E-state index contributed by atoms with van der Waals surface area (Å²) in [6.45, 7) is 3.46. The average molecular weight is 329 g/mol. The molecule has 0 saturated carbocycles. The average Bonchev–Trinajstić information content (AvgIpc) is 2.52. The third kappa shape index (κ3) is 8.76. The van der Waals surface area contributed by atoms with Gasteiger partial charge >= 0.3 is 5.97 Å². The van der Waals surface area contributed by atoms with Gasteiger partial charge in [-0.15, -0.1) is 0 Å². The van der Waals surface area contributed by atoms with Crippen molar-refractivity contribution in [2.24, 2.45) is 0 Å². The van der Waals surface area contributed by atoms with Crippen LogP contribution in [0.5, 0.6) is 0 Å². The second-order valence-corrected chi connectivity index (χ2v) is 6.59. The molecule has 0 heterocycles. The van der Waals surface area contributed by atoms with E-state index in [0.717, 1.165) is 5.56 Å². The molecule has 0 fully saturated rings. The highest BCUT2D eigenvalue weighted by Gasteiger charge is 2.13. The number of hydrogen-bond acceptors (Lipinski definition) is 5. The Morgan fingerprint density at radius 2 is 1.95 bits per heavy atom. The fourth-order valence-electron chi connectivity index (χ4n) is 1.65. The van der Waals surface area contributed by atoms with E-state index in [4.69, 9.17) is 9.47 Å². The first-order valence-corrected chi connectivity index (χ1v) is 8.93. The van der Waals surface area contributed by atoms with E-state index in [1.807, 2.05) is 37.3 Å². The van der Waals surface area contributed by atoms with Gasteiger partial charge in [0, 0.05) is 19.8 Å². The molecule has 0 unspecified atom stereocenters. The topological polar surface area (TPSA) is 81.7 Å². The normalized spacial score (nSPS) is 11.3. The van der Waals surface area contributed by atoms with Gasteiger partial charge in [0.05, 0.1) is 12.2 Å². The maximum atomic E-state index is 11.7. The third-order valence-electron chi connectivity index (χ3n) is 2.81. The van der Waals surface area contributed by atoms with Gasteiger partial charge in [0.25, 0.3) is 0 Å². The van der Waals surface area contributed by atoms with Gasteiger partial charge in [-0.3, -0.25) is 4.79 Å². The molecule has 1 aromatic rings. The molecule has 0 atom stereocenters. The van der Waals surface area contributed by atoms with Gasteiger partial charge in [-0.1, -0.05) is 30.3 Å². The van der Waals surface area contributed by atoms with Crippen molar-refractivity contribution in [3.05, 3.63) is 35.9 Å². The Bertz CT molecular complexity index is 530. The molecule has 0 aliphatic carbocycles. The Morgan fingerprint density at radius 1 is 1.23 bits per heavy atom. The molecule has 22 heavy (non-hydrogen) atoms. The maximum absolute atomic E-state index is 11.7. The van der Waals surface area contributed by atoms with Crippen LogP contribution in [0.25, 0.3) is 0 Å². The van der Waals surface area contributed by atoms with Gasteiger partial charge < -0.3 is 9.47 Å². The molecule has 0 aliphatic heterocycles. The van der Waals surface area contributed by atoms with Crippen LogP contribution >= 0.6 is 0 Å². The number of carbonyl (C=O) groups is 1. The third-order valence-corrected chi connectivity index (χ3v) is 4.19. The zero-order valence-electron chi connectivity index (χ0n) is 12.8. The number of hydrogen-bond donors (Lipinski definition) is 1. The molecule has 1 rings (SSSR count). The van der Waals surface area contributed by atoms with Gasteiger partial charge in [-0.05, 0) is 18.9 Å². The van der Waals surface area contributed by atoms with Gasteiger partial charge in [-0.25, -0.2) is 13.1 Å². The summed E-state index contributed by atoms with van der Waals surface area (Å²) in [6.07, 6.45) is 0.444. The summed E-state index contributed by atoms with van der Waals surface area (Å²) in [6, 6.07) is 9.24. The van der Waals surface area contributed by atoms with Crippen LogP contribution in [0.1, 0.15) is 25.3 Å². The summed E-state index contributed by atoms with van der Waals surface area (Å²) in [5, 5.41) is 0. The SMILES string of the molecule is CCOCCCNS(=O)(=O)CCC(=O)OCc1ccccc1. The van der Waals surface area contributed by atoms with Crippen molar-refractivity contribution in [2.45, 2.75) is 26.4 Å². The van der Waals surface area contributed by atoms with Gasteiger partial charge in [-0.2, -0.15) is 0 Å². The van der Waals surface area contributed by atoms with E-state index < -0.39 is 16.0 Å². The predicted molar refractivity (Wildman–Crippen MR) is 83.8 cm³/mol. The molecule has 1 N–H and O–H groups in total. The van der Waals surface area contributed by atoms with Crippen molar-refractivity contribution in [3.8, 4) is 0 Å². The minimum Gasteiger partial charge on any atom is -0.461 e. The molecule has 0 saturated heterocycles. The summed E-state index contributed by atoms with van der Waals surface area (Å²) in [4.78, 5) is 11.5. The van der Waals surface area contributed by atoms with Crippen LogP contribution in [-0.2, 0) is 30.9 Å². The van der Waals surface area contributed by atoms with Crippen molar-refractivity contribution >= 4 is 16.0 Å². The summed E-state index contributed by atoms with van der Waals surface area (Å²) >= 11 is 0. The zero-order valence-corrected chi connectivity index (χ0v) is 13.6. The minimum atomic E-state index is -3.45. The lowest BCUT2D eigenvalue weighted by Crippen LogP contribution is -2.29. The summed E-state index contributed by atoms with van der Waals surface area (Å²) in [5.41, 5.74) is 0.868.